The number of hydrogen-bond donors (Lipinski definition) is 1. The highest BCUT2D eigenvalue weighted by Crippen LogP contribution is 2.29. The molecule has 0 aliphatic rings. The molecule has 2 rings (SSSR count). The van der Waals surface area contributed by atoms with Crippen molar-refractivity contribution in [3.05, 3.63) is 24.4 Å². The molecule has 0 unspecified atom stereocenters. The number of nitrogens with zero attached hydrogens (tertiary/aromatic N) is 2. The van der Waals surface area contributed by atoms with Crippen molar-refractivity contribution in [1.82, 2.24) is 9.97 Å². The van der Waals surface area contributed by atoms with E-state index in [4.69, 9.17) is 9.29 Å². The van der Waals surface area contributed by atoms with Crippen molar-refractivity contribution >= 4 is 21.5 Å². The Morgan fingerprint density at radius 3 is 2.71 bits per heavy atom. The van der Waals surface area contributed by atoms with Gasteiger partial charge in [0.1, 0.15) is 4.21 Å². The molecule has 0 radical (unpaired) electrons. The van der Waals surface area contributed by atoms with Crippen LogP contribution in [-0.2, 0) is 10.1 Å². The zero-order valence-electron chi connectivity index (χ0n) is 8.69. The summed E-state index contributed by atoms with van der Waals surface area (Å²) in [6, 6.07) is 4.71. The van der Waals surface area contributed by atoms with E-state index in [-0.39, 0.29) is 10.2 Å². The van der Waals surface area contributed by atoms with Gasteiger partial charge in [0.25, 0.3) is 0 Å². The van der Waals surface area contributed by atoms with E-state index in [1.807, 2.05) is 0 Å². The molecule has 0 aliphatic heterocycles. The Morgan fingerprint density at radius 2 is 2.12 bits per heavy atom. The smallest absolute Gasteiger partial charge is 0.316 e. The monoisotopic (exact) mass is 272 g/mol. The number of thiophene rings is 1. The fraction of sp³-hybridized carbons (Fsp3) is 0.111. The number of aromatic nitrogens is 2. The molecule has 8 heteroatoms. The van der Waals surface area contributed by atoms with E-state index in [1.165, 1.54) is 19.4 Å². The van der Waals surface area contributed by atoms with Gasteiger partial charge in [-0.1, -0.05) is 0 Å². The highest BCUT2D eigenvalue weighted by Gasteiger charge is 2.14. The third-order valence-corrected chi connectivity index (χ3v) is 4.33. The van der Waals surface area contributed by atoms with Gasteiger partial charge in [0, 0.05) is 6.20 Å². The highest BCUT2D eigenvalue weighted by molar-refractivity contribution is 7.88. The summed E-state index contributed by atoms with van der Waals surface area (Å²) < 4.78 is 35.4. The van der Waals surface area contributed by atoms with Gasteiger partial charge in [-0.2, -0.15) is 13.4 Å². The molecule has 1 N–H and O–H groups in total. The van der Waals surface area contributed by atoms with Crippen molar-refractivity contribution in [1.29, 1.82) is 0 Å². The molecule has 2 aromatic heterocycles. The average molecular weight is 272 g/mol. The second kappa shape index (κ2) is 4.40. The van der Waals surface area contributed by atoms with Gasteiger partial charge in [-0.05, 0) is 18.2 Å². The van der Waals surface area contributed by atoms with Crippen molar-refractivity contribution in [2.45, 2.75) is 4.21 Å². The van der Waals surface area contributed by atoms with Gasteiger partial charge in [-0.15, -0.1) is 11.3 Å². The first-order valence-electron chi connectivity index (χ1n) is 4.45. The average Bonchev–Trinajstić information content (AvgIpc) is 2.78. The largest absolute Gasteiger partial charge is 0.467 e. The van der Waals surface area contributed by atoms with Crippen LogP contribution in [0.5, 0.6) is 6.01 Å². The molecule has 0 aliphatic carbocycles. The Labute approximate surface area is 102 Å². The normalized spacial score (nSPS) is 11.4. The van der Waals surface area contributed by atoms with E-state index >= 15 is 0 Å². The number of rotatable bonds is 3. The molecule has 0 saturated heterocycles. The van der Waals surface area contributed by atoms with Crippen LogP contribution in [-0.4, -0.2) is 30.0 Å². The van der Waals surface area contributed by atoms with Gasteiger partial charge in [0.15, 0.2) is 0 Å². The van der Waals surface area contributed by atoms with Crippen molar-refractivity contribution in [3.8, 4) is 16.6 Å². The molecule has 6 nitrogen and oxygen atoms in total. The van der Waals surface area contributed by atoms with Crippen LogP contribution in [0.1, 0.15) is 0 Å². The second-order valence-corrected chi connectivity index (χ2v) is 5.75. The third-order valence-electron chi connectivity index (χ3n) is 1.90. The maximum atomic E-state index is 10.9. The van der Waals surface area contributed by atoms with E-state index in [2.05, 4.69) is 9.97 Å². The van der Waals surface area contributed by atoms with Crippen LogP contribution in [0.25, 0.3) is 10.6 Å². The molecular formula is C9H8N2O4S2. The van der Waals surface area contributed by atoms with E-state index in [9.17, 15) is 8.42 Å². The maximum absolute atomic E-state index is 10.9. The van der Waals surface area contributed by atoms with Gasteiger partial charge in [0.2, 0.25) is 0 Å². The van der Waals surface area contributed by atoms with Gasteiger partial charge in [-0.3, -0.25) is 4.55 Å². The van der Waals surface area contributed by atoms with E-state index in [1.54, 1.807) is 12.1 Å². The molecule has 0 aromatic carbocycles. The fourth-order valence-corrected chi connectivity index (χ4v) is 2.81. The van der Waals surface area contributed by atoms with Gasteiger partial charge in [0.05, 0.1) is 17.7 Å². The van der Waals surface area contributed by atoms with E-state index in [0.717, 1.165) is 11.3 Å². The van der Waals surface area contributed by atoms with Gasteiger partial charge < -0.3 is 4.74 Å². The van der Waals surface area contributed by atoms with Crippen LogP contribution in [0, 0.1) is 0 Å². The predicted octanol–water partition coefficient (Wildman–Crippen LogP) is 1.46. The summed E-state index contributed by atoms with van der Waals surface area (Å²) in [4.78, 5) is 8.51. The highest BCUT2D eigenvalue weighted by atomic mass is 32.3. The lowest BCUT2D eigenvalue weighted by Gasteiger charge is -1.99. The van der Waals surface area contributed by atoms with E-state index < -0.39 is 10.1 Å². The summed E-state index contributed by atoms with van der Waals surface area (Å²) in [6.45, 7) is 0. The lowest BCUT2D eigenvalue weighted by molar-refractivity contribution is 0.380. The minimum Gasteiger partial charge on any atom is -0.467 e. The molecule has 2 aromatic rings. The summed E-state index contributed by atoms with van der Waals surface area (Å²) in [5.41, 5.74) is 0.539. The van der Waals surface area contributed by atoms with Crippen LogP contribution in [0.4, 0.5) is 0 Å². The minimum absolute atomic E-state index is 0.120. The summed E-state index contributed by atoms with van der Waals surface area (Å²) in [6.07, 6.45) is 1.51. The van der Waals surface area contributed by atoms with Crippen molar-refractivity contribution < 1.29 is 17.7 Å². The first kappa shape index (κ1) is 12.0. The number of hydrogen-bond acceptors (Lipinski definition) is 6. The molecule has 2 heterocycles. The van der Waals surface area contributed by atoms with Crippen LogP contribution < -0.4 is 4.74 Å². The Hall–Kier alpha value is -1.51. The second-order valence-electron chi connectivity index (χ2n) is 3.02. The first-order chi connectivity index (χ1) is 8.00. The number of ether oxygens (including phenoxy) is 1. The topological polar surface area (TPSA) is 89.4 Å². The van der Waals surface area contributed by atoms with Crippen LogP contribution in [0.15, 0.2) is 28.6 Å². The lowest BCUT2D eigenvalue weighted by atomic mass is 10.3. The Bertz CT molecular complexity index is 636. The predicted molar refractivity (Wildman–Crippen MR) is 61.7 cm³/mol. The van der Waals surface area contributed by atoms with Crippen molar-refractivity contribution in [2.75, 3.05) is 7.11 Å². The molecule has 0 spiro atoms. The van der Waals surface area contributed by atoms with Crippen LogP contribution in [0.2, 0.25) is 0 Å². The van der Waals surface area contributed by atoms with Crippen molar-refractivity contribution in [2.24, 2.45) is 0 Å². The summed E-state index contributed by atoms with van der Waals surface area (Å²) in [5, 5.41) is 0. The van der Waals surface area contributed by atoms with Gasteiger partial charge >= 0.3 is 16.1 Å². The zero-order chi connectivity index (χ0) is 12.5. The molecule has 0 saturated carbocycles. The van der Waals surface area contributed by atoms with Crippen LogP contribution >= 0.6 is 11.3 Å². The SMILES string of the molecule is COc1nccc(-c2ccc(S(=O)(=O)O)s2)n1. The fourth-order valence-electron chi connectivity index (χ4n) is 1.17. The van der Waals surface area contributed by atoms with Gasteiger partial charge in [-0.25, -0.2) is 4.98 Å². The molecule has 0 atom stereocenters. The summed E-state index contributed by atoms with van der Waals surface area (Å²) >= 11 is 0.928. The molecular weight excluding hydrogens is 264 g/mol. The summed E-state index contributed by atoms with van der Waals surface area (Å²) in [7, 11) is -2.72. The number of methoxy groups -OCH3 is 1. The molecule has 0 fully saturated rings. The van der Waals surface area contributed by atoms with Crippen molar-refractivity contribution in [3.63, 3.8) is 0 Å². The van der Waals surface area contributed by atoms with Crippen LogP contribution in [0.3, 0.4) is 0 Å². The Morgan fingerprint density at radius 1 is 1.35 bits per heavy atom. The molecule has 90 valence electrons. The maximum Gasteiger partial charge on any atom is 0.316 e. The first-order valence-corrected chi connectivity index (χ1v) is 6.71. The standard InChI is InChI=1S/C9H8N2O4S2/c1-15-9-10-5-4-6(11-9)7-2-3-8(16-7)17(12,13)14/h2-5H,1H3,(H,12,13,14). The minimum atomic E-state index is -4.16. The quantitative estimate of drug-likeness (QED) is 0.851. The molecule has 0 bridgehead atoms. The summed E-state index contributed by atoms with van der Waals surface area (Å²) in [5.74, 6) is 0. The third kappa shape index (κ3) is 2.60. The Balaban J connectivity index is 2.43. The molecule has 17 heavy (non-hydrogen) atoms. The Kier molecular flexibility index (Phi) is 3.09. The zero-order valence-corrected chi connectivity index (χ0v) is 10.3. The molecule has 0 amide bonds. The van der Waals surface area contributed by atoms with E-state index in [0.29, 0.717) is 10.6 Å². The lowest BCUT2D eigenvalue weighted by Crippen LogP contribution is -1.93.